The van der Waals surface area contributed by atoms with E-state index >= 15 is 0 Å². The Morgan fingerprint density at radius 2 is 2.16 bits per heavy atom. The Balaban J connectivity index is 2.35. The molecule has 96 valence electrons. The summed E-state index contributed by atoms with van der Waals surface area (Å²) >= 11 is 12.1. The summed E-state index contributed by atoms with van der Waals surface area (Å²) in [6, 6.07) is 5.32. The monoisotopic (exact) mass is 293 g/mol. The molecule has 0 saturated carbocycles. The third kappa shape index (κ3) is 2.08. The molecule has 0 aliphatic carbocycles. The molecule has 4 nitrogen and oxygen atoms in total. The lowest BCUT2D eigenvalue weighted by atomic mass is 10.2. The fourth-order valence-corrected chi connectivity index (χ4v) is 2.52. The van der Waals surface area contributed by atoms with Crippen molar-refractivity contribution in [2.75, 3.05) is 0 Å². The van der Waals surface area contributed by atoms with Crippen molar-refractivity contribution in [3.8, 4) is 11.3 Å². The summed E-state index contributed by atoms with van der Waals surface area (Å²) in [5, 5.41) is 10.5. The van der Waals surface area contributed by atoms with Gasteiger partial charge >= 0.3 is 0 Å². The van der Waals surface area contributed by atoms with E-state index in [9.17, 15) is 5.11 Å². The molecule has 3 heterocycles. The van der Waals surface area contributed by atoms with Crippen LogP contribution in [0.4, 0.5) is 0 Å². The van der Waals surface area contributed by atoms with Crippen LogP contribution in [-0.4, -0.2) is 19.5 Å². The number of aliphatic hydroxyl groups is 1. The van der Waals surface area contributed by atoms with Crippen LogP contribution in [0.5, 0.6) is 0 Å². The van der Waals surface area contributed by atoms with Gasteiger partial charge in [-0.25, -0.2) is 4.98 Å². The molecule has 6 heteroatoms. The third-order valence-corrected chi connectivity index (χ3v) is 3.31. The lowest BCUT2D eigenvalue weighted by molar-refractivity contribution is 0.276. The second-order valence-electron chi connectivity index (χ2n) is 4.01. The lowest BCUT2D eigenvalue weighted by Gasteiger charge is -2.02. The van der Waals surface area contributed by atoms with Gasteiger partial charge in [0.25, 0.3) is 0 Å². The molecule has 0 unspecified atom stereocenters. The van der Waals surface area contributed by atoms with Gasteiger partial charge in [0, 0.05) is 24.2 Å². The number of halogens is 2. The zero-order chi connectivity index (χ0) is 13.4. The Labute approximate surface area is 119 Å². The molecule has 0 spiro atoms. The van der Waals surface area contributed by atoms with Crippen molar-refractivity contribution in [3.05, 3.63) is 52.5 Å². The Morgan fingerprint density at radius 1 is 1.32 bits per heavy atom. The van der Waals surface area contributed by atoms with Crippen molar-refractivity contribution in [2.24, 2.45) is 0 Å². The minimum Gasteiger partial charge on any atom is -0.390 e. The molecule has 0 fully saturated rings. The predicted octanol–water partition coefficient (Wildman–Crippen LogP) is 3.20. The molecule has 19 heavy (non-hydrogen) atoms. The maximum Gasteiger partial charge on any atom is 0.156 e. The van der Waals surface area contributed by atoms with Crippen LogP contribution in [0.3, 0.4) is 0 Å². The maximum absolute atomic E-state index is 9.58. The smallest absolute Gasteiger partial charge is 0.156 e. The second kappa shape index (κ2) is 4.81. The molecule has 0 aromatic carbocycles. The summed E-state index contributed by atoms with van der Waals surface area (Å²) in [5.74, 6) is 0. The number of hydrogen-bond donors (Lipinski definition) is 1. The molecule has 0 aliphatic rings. The Morgan fingerprint density at radius 3 is 2.84 bits per heavy atom. The standard InChI is InChI=1S/C13H9Cl2N3O/c14-9-4-10(15)13-17-12(8-2-1-3-16-5-8)11(7-19)18(13)6-9/h1-6,19H,7H2. The first kappa shape index (κ1) is 12.4. The Hall–Kier alpha value is -1.62. The number of aromatic nitrogens is 3. The minimum atomic E-state index is -0.165. The van der Waals surface area contributed by atoms with E-state index in [1.165, 1.54) is 0 Å². The van der Waals surface area contributed by atoms with Crippen LogP contribution in [0.25, 0.3) is 16.9 Å². The molecule has 0 bridgehead atoms. The minimum absolute atomic E-state index is 0.165. The van der Waals surface area contributed by atoms with Gasteiger partial charge in [-0.05, 0) is 18.2 Å². The summed E-state index contributed by atoms with van der Waals surface area (Å²) in [6.45, 7) is -0.165. The summed E-state index contributed by atoms with van der Waals surface area (Å²) < 4.78 is 1.70. The Kier molecular flexibility index (Phi) is 3.14. The van der Waals surface area contributed by atoms with Crippen LogP contribution in [0.15, 0.2) is 36.8 Å². The van der Waals surface area contributed by atoms with Crippen molar-refractivity contribution < 1.29 is 5.11 Å². The van der Waals surface area contributed by atoms with Gasteiger partial charge in [-0.1, -0.05) is 23.2 Å². The van der Waals surface area contributed by atoms with Gasteiger partial charge < -0.3 is 5.11 Å². The van der Waals surface area contributed by atoms with E-state index in [2.05, 4.69) is 9.97 Å². The number of hydrogen-bond acceptors (Lipinski definition) is 3. The van der Waals surface area contributed by atoms with Gasteiger partial charge in [-0.2, -0.15) is 0 Å². The molecule has 3 aromatic rings. The normalized spacial score (nSPS) is 11.1. The highest BCUT2D eigenvalue weighted by molar-refractivity contribution is 6.36. The maximum atomic E-state index is 9.58. The molecule has 3 rings (SSSR count). The summed E-state index contributed by atoms with van der Waals surface area (Å²) in [4.78, 5) is 8.52. The zero-order valence-electron chi connectivity index (χ0n) is 9.72. The van der Waals surface area contributed by atoms with Gasteiger partial charge in [0.05, 0.1) is 28.0 Å². The summed E-state index contributed by atoms with van der Waals surface area (Å²) in [6.07, 6.45) is 5.05. The van der Waals surface area contributed by atoms with Gasteiger partial charge in [0.1, 0.15) is 0 Å². The highest BCUT2D eigenvalue weighted by Crippen LogP contribution is 2.29. The number of pyridine rings is 2. The van der Waals surface area contributed by atoms with Gasteiger partial charge in [-0.15, -0.1) is 0 Å². The van der Waals surface area contributed by atoms with E-state index in [0.29, 0.717) is 27.1 Å². The fraction of sp³-hybridized carbons (Fsp3) is 0.0769. The highest BCUT2D eigenvalue weighted by atomic mass is 35.5. The molecule has 0 saturated heterocycles. The van der Waals surface area contributed by atoms with E-state index in [0.717, 1.165) is 5.56 Å². The summed E-state index contributed by atoms with van der Waals surface area (Å²) in [5.41, 5.74) is 2.67. The van der Waals surface area contributed by atoms with Crippen molar-refractivity contribution in [1.29, 1.82) is 0 Å². The molecule has 0 radical (unpaired) electrons. The van der Waals surface area contributed by atoms with Crippen LogP contribution in [0.1, 0.15) is 5.69 Å². The first-order valence-electron chi connectivity index (χ1n) is 5.58. The number of imidazole rings is 1. The first-order valence-corrected chi connectivity index (χ1v) is 6.33. The van der Waals surface area contributed by atoms with Gasteiger partial charge in [-0.3, -0.25) is 9.38 Å². The number of nitrogens with zero attached hydrogens (tertiary/aromatic N) is 3. The van der Waals surface area contributed by atoms with Crippen LogP contribution >= 0.6 is 23.2 Å². The van der Waals surface area contributed by atoms with Crippen LogP contribution in [-0.2, 0) is 6.61 Å². The summed E-state index contributed by atoms with van der Waals surface area (Å²) in [7, 11) is 0. The van der Waals surface area contributed by atoms with Gasteiger partial charge in [0.15, 0.2) is 5.65 Å². The molecule has 0 atom stereocenters. The van der Waals surface area contributed by atoms with Crippen LogP contribution < -0.4 is 0 Å². The van der Waals surface area contributed by atoms with Crippen molar-refractivity contribution in [3.63, 3.8) is 0 Å². The second-order valence-corrected chi connectivity index (χ2v) is 4.85. The van der Waals surface area contributed by atoms with Crippen molar-refractivity contribution in [2.45, 2.75) is 6.61 Å². The first-order chi connectivity index (χ1) is 9.20. The van der Waals surface area contributed by atoms with E-state index in [4.69, 9.17) is 23.2 Å². The van der Waals surface area contributed by atoms with Crippen LogP contribution in [0, 0.1) is 0 Å². The molecular formula is C13H9Cl2N3O. The molecule has 3 aromatic heterocycles. The zero-order valence-corrected chi connectivity index (χ0v) is 11.2. The lowest BCUT2D eigenvalue weighted by Crippen LogP contribution is -1.94. The SMILES string of the molecule is OCc1c(-c2cccnc2)nc2c(Cl)cc(Cl)cn12. The molecule has 1 N–H and O–H groups in total. The fourth-order valence-electron chi connectivity index (χ4n) is 2.01. The number of rotatable bonds is 2. The number of fused-ring (bicyclic) bond motifs is 1. The average molecular weight is 294 g/mol. The van der Waals surface area contributed by atoms with E-state index < -0.39 is 0 Å². The van der Waals surface area contributed by atoms with Crippen molar-refractivity contribution >= 4 is 28.8 Å². The average Bonchev–Trinajstić information content (AvgIpc) is 2.78. The molecule has 0 aliphatic heterocycles. The van der Waals surface area contributed by atoms with Gasteiger partial charge in [0.2, 0.25) is 0 Å². The predicted molar refractivity (Wildman–Crippen MR) is 74.4 cm³/mol. The number of aliphatic hydroxyl groups excluding tert-OH is 1. The Bertz CT molecular complexity index is 740. The topological polar surface area (TPSA) is 50.4 Å². The largest absolute Gasteiger partial charge is 0.390 e. The van der Waals surface area contributed by atoms with E-state index in [1.54, 1.807) is 29.1 Å². The molecule has 0 amide bonds. The quantitative estimate of drug-likeness (QED) is 0.789. The highest BCUT2D eigenvalue weighted by Gasteiger charge is 2.15. The molecular weight excluding hydrogens is 285 g/mol. The van der Waals surface area contributed by atoms with E-state index in [-0.39, 0.29) is 6.61 Å². The van der Waals surface area contributed by atoms with Crippen LogP contribution in [0.2, 0.25) is 10.0 Å². The van der Waals surface area contributed by atoms with Crippen molar-refractivity contribution in [1.82, 2.24) is 14.4 Å². The third-order valence-electron chi connectivity index (χ3n) is 2.83. The van der Waals surface area contributed by atoms with E-state index in [1.807, 2.05) is 12.1 Å².